The van der Waals surface area contributed by atoms with Crippen molar-refractivity contribution in [2.24, 2.45) is 0 Å². The zero-order chi connectivity index (χ0) is 13.0. The third kappa shape index (κ3) is 3.37. The molecule has 1 aliphatic heterocycles. The Kier molecular flexibility index (Phi) is 4.87. The van der Waals surface area contributed by atoms with Gasteiger partial charge in [-0.2, -0.15) is 0 Å². The predicted octanol–water partition coefficient (Wildman–Crippen LogP) is 2.18. The van der Waals surface area contributed by atoms with Gasteiger partial charge in [0.25, 0.3) is 0 Å². The molecule has 0 bridgehead atoms. The fraction of sp³-hybridized carbons (Fsp3) is 0.571. The third-order valence-electron chi connectivity index (χ3n) is 3.43. The van der Waals surface area contributed by atoms with E-state index in [1.54, 1.807) is 0 Å². The predicted molar refractivity (Wildman–Crippen MR) is 75.6 cm³/mol. The summed E-state index contributed by atoms with van der Waals surface area (Å²) in [6.45, 7) is 5.90. The number of hydrogen-bond donors (Lipinski definition) is 1. The Bertz CT molecular complexity index is 393. The van der Waals surface area contributed by atoms with Crippen molar-refractivity contribution < 1.29 is 4.74 Å². The number of likely N-dealkylation sites (N-methyl/N-ethyl adjacent to an activating group) is 1. The Balaban J connectivity index is 1.87. The largest absolute Gasteiger partial charge is 0.492 e. The van der Waals surface area contributed by atoms with Crippen LogP contribution < -0.4 is 10.1 Å². The van der Waals surface area contributed by atoms with E-state index < -0.39 is 0 Å². The number of halogens is 1. The molecular weight excluding hydrogens is 248 g/mol. The second-order valence-corrected chi connectivity index (χ2v) is 5.15. The van der Waals surface area contributed by atoms with Gasteiger partial charge in [0.2, 0.25) is 0 Å². The van der Waals surface area contributed by atoms with Gasteiger partial charge in [-0.1, -0.05) is 17.7 Å². The maximum Gasteiger partial charge on any atom is 0.137 e. The molecule has 1 aromatic carbocycles. The van der Waals surface area contributed by atoms with Crippen molar-refractivity contribution >= 4 is 11.6 Å². The van der Waals surface area contributed by atoms with Crippen molar-refractivity contribution in [1.29, 1.82) is 0 Å². The molecule has 1 saturated heterocycles. The molecule has 0 spiro atoms. The molecule has 0 saturated carbocycles. The lowest BCUT2D eigenvalue weighted by Gasteiger charge is -2.35. The Hall–Kier alpha value is -0.770. The fourth-order valence-corrected chi connectivity index (χ4v) is 2.30. The number of nitrogens with zero attached hydrogens (tertiary/aromatic N) is 1. The average Bonchev–Trinajstić information content (AvgIpc) is 2.27. The van der Waals surface area contributed by atoms with Gasteiger partial charge in [0.1, 0.15) is 5.75 Å². The lowest BCUT2D eigenvalue weighted by molar-refractivity contribution is 0.182. The Labute approximate surface area is 114 Å². The maximum absolute atomic E-state index is 6.18. The molecule has 1 fully saturated rings. The summed E-state index contributed by atoms with van der Waals surface area (Å²) in [6.07, 6.45) is 1.03. The first kappa shape index (κ1) is 13.7. The van der Waals surface area contributed by atoms with Crippen molar-refractivity contribution in [3.8, 4) is 5.75 Å². The van der Waals surface area contributed by atoms with Crippen LogP contribution >= 0.6 is 11.6 Å². The molecule has 0 atom stereocenters. The van der Waals surface area contributed by atoms with E-state index in [1.165, 1.54) is 5.56 Å². The van der Waals surface area contributed by atoms with E-state index in [1.807, 2.05) is 19.1 Å². The summed E-state index contributed by atoms with van der Waals surface area (Å²) in [4.78, 5) is 2.40. The smallest absolute Gasteiger partial charge is 0.137 e. The van der Waals surface area contributed by atoms with Crippen molar-refractivity contribution in [2.75, 3.05) is 33.3 Å². The lowest BCUT2D eigenvalue weighted by Crippen LogP contribution is -2.56. The third-order valence-corrected chi connectivity index (χ3v) is 3.73. The molecule has 1 heterocycles. The van der Waals surface area contributed by atoms with Gasteiger partial charge in [-0.15, -0.1) is 0 Å². The highest BCUT2D eigenvalue weighted by molar-refractivity contribution is 6.32. The molecule has 0 aromatic heterocycles. The van der Waals surface area contributed by atoms with Gasteiger partial charge >= 0.3 is 0 Å². The minimum atomic E-state index is 0.649. The molecule has 0 unspecified atom stereocenters. The molecule has 1 aromatic rings. The van der Waals surface area contributed by atoms with Gasteiger partial charge in [0.05, 0.1) is 11.6 Å². The second-order valence-electron chi connectivity index (χ2n) is 4.74. The first-order chi connectivity index (χ1) is 8.70. The minimum absolute atomic E-state index is 0.649. The van der Waals surface area contributed by atoms with Crippen molar-refractivity contribution in [3.63, 3.8) is 0 Å². The van der Waals surface area contributed by atoms with Crippen LogP contribution in [0.1, 0.15) is 12.5 Å². The van der Waals surface area contributed by atoms with Gasteiger partial charge in [-0.05, 0) is 38.1 Å². The van der Waals surface area contributed by atoms with E-state index in [0.717, 1.165) is 31.8 Å². The van der Waals surface area contributed by atoms with Crippen molar-refractivity contribution in [3.05, 3.63) is 28.8 Å². The molecule has 2 rings (SSSR count). The highest BCUT2D eigenvalue weighted by Gasteiger charge is 2.20. The maximum atomic E-state index is 6.18. The summed E-state index contributed by atoms with van der Waals surface area (Å²) in [5.41, 5.74) is 1.27. The quantitative estimate of drug-likeness (QED) is 0.856. The Morgan fingerprint density at radius 1 is 1.44 bits per heavy atom. The monoisotopic (exact) mass is 268 g/mol. The Morgan fingerprint density at radius 3 is 2.78 bits per heavy atom. The van der Waals surface area contributed by atoms with Gasteiger partial charge in [-0.3, -0.25) is 0 Å². The van der Waals surface area contributed by atoms with E-state index in [9.17, 15) is 0 Å². The van der Waals surface area contributed by atoms with E-state index in [4.69, 9.17) is 16.3 Å². The zero-order valence-corrected chi connectivity index (χ0v) is 11.8. The van der Waals surface area contributed by atoms with Crippen molar-refractivity contribution in [2.45, 2.75) is 19.4 Å². The van der Waals surface area contributed by atoms with E-state index >= 15 is 0 Å². The molecule has 4 heteroatoms. The van der Waals surface area contributed by atoms with E-state index in [2.05, 4.69) is 23.3 Å². The average molecular weight is 269 g/mol. The second kappa shape index (κ2) is 6.41. The first-order valence-corrected chi connectivity index (χ1v) is 6.90. The van der Waals surface area contributed by atoms with Crippen LogP contribution in [0.2, 0.25) is 5.02 Å². The van der Waals surface area contributed by atoms with Gasteiger partial charge in [0.15, 0.2) is 0 Å². The van der Waals surface area contributed by atoms with Crippen LogP contribution in [0.5, 0.6) is 5.75 Å². The molecule has 0 amide bonds. The van der Waals surface area contributed by atoms with Crippen LogP contribution in [-0.2, 0) is 6.42 Å². The van der Waals surface area contributed by atoms with Crippen LogP contribution in [-0.4, -0.2) is 44.2 Å². The van der Waals surface area contributed by atoms with Crippen LogP contribution in [0.3, 0.4) is 0 Å². The molecular formula is C14H21ClN2O. The Morgan fingerprint density at radius 2 is 2.22 bits per heavy atom. The van der Waals surface area contributed by atoms with Crippen LogP contribution in [0.4, 0.5) is 0 Å². The normalized spacial score (nSPS) is 15.8. The van der Waals surface area contributed by atoms with E-state index in [0.29, 0.717) is 17.7 Å². The summed E-state index contributed by atoms with van der Waals surface area (Å²) in [5, 5.41) is 4.00. The molecule has 0 aliphatic carbocycles. The number of rotatable bonds is 6. The van der Waals surface area contributed by atoms with Crippen LogP contribution in [0.25, 0.3) is 0 Å². The van der Waals surface area contributed by atoms with Gasteiger partial charge < -0.3 is 15.0 Å². The van der Waals surface area contributed by atoms with Crippen LogP contribution in [0.15, 0.2) is 18.2 Å². The fourth-order valence-electron chi connectivity index (χ4n) is 2.05. The topological polar surface area (TPSA) is 24.5 Å². The molecule has 1 N–H and O–H groups in total. The molecule has 1 aliphatic rings. The first-order valence-electron chi connectivity index (χ1n) is 6.53. The van der Waals surface area contributed by atoms with Gasteiger partial charge in [0, 0.05) is 25.7 Å². The number of hydrogen-bond acceptors (Lipinski definition) is 3. The summed E-state index contributed by atoms with van der Waals surface area (Å²) in [6, 6.07) is 6.78. The lowest BCUT2D eigenvalue weighted by atomic mass is 10.1. The number of ether oxygens (including phenoxy) is 1. The summed E-state index contributed by atoms with van der Waals surface area (Å²) in [7, 11) is 2.18. The highest BCUT2D eigenvalue weighted by atomic mass is 35.5. The minimum Gasteiger partial charge on any atom is -0.492 e. The van der Waals surface area contributed by atoms with Crippen molar-refractivity contribution in [1.82, 2.24) is 10.2 Å². The number of nitrogens with one attached hydrogen (secondary N) is 1. The van der Waals surface area contributed by atoms with Crippen LogP contribution in [0, 0.1) is 0 Å². The standard InChI is InChI=1S/C14H21ClN2O/c1-3-18-14-5-4-11(8-13(14)15)6-7-17(2)12-9-16-10-12/h4-5,8,12,16H,3,6-7,9-10H2,1-2H3. The summed E-state index contributed by atoms with van der Waals surface area (Å²) >= 11 is 6.18. The molecule has 100 valence electrons. The molecule has 3 nitrogen and oxygen atoms in total. The van der Waals surface area contributed by atoms with E-state index in [-0.39, 0.29) is 0 Å². The zero-order valence-electron chi connectivity index (χ0n) is 11.1. The molecule has 18 heavy (non-hydrogen) atoms. The number of benzene rings is 1. The summed E-state index contributed by atoms with van der Waals surface area (Å²) < 4.78 is 5.43. The highest BCUT2D eigenvalue weighted by Crippen LogP contribution is 2.25. The molecule has 0 radical (unpaired) electrons. The van der Waals surface area contributed by atoms with Gasteiger partial charge in [-0.25, -0.2) is 0 Å². The summed E-state index contributed by atoms with van der Waals surface area (Å²) in [5.74, 6) is 0.777. The SMILES string of the molecule is CCOc1ccc(CCN(C)C2CNC2)cc1Cl.